The number of amides is 1. The summed E-state index contributed by atoms with van der Waals surface area (Å²) < 4.78 is 26.6. The average Bonchev–Trinajstić information content (AvgIpc) is 3.11. The molecule has 1 heterocycles. The molecule has 1 amide bonds. The van der Waals surface area contributed by atoms with Gasteiger partial charge in [0.25, 0.3) is 0 Å². The first-order valence-corrected chi connectivity index (χ1v) is 9.41. The maximum atomic E-state index is 13.5. The zero-order chi connectivity index (χ0) is 20.1. The van der Waals surface area contributed by atoms with Crippen molar-refractivity contribution in [3.8, 4) is 0 Å². The van der Waals surface area contributed by atoms with Crippen LogP contribution in [-0.2, 0) is 16.2 Å². The Hall–Kier alpha value is -2.76. The summed E-state index contributed by atoms with van der Waals surface area (Å²) in [5.74, 6) is -0.390. The first-order chi connectivity index (χ1) is 13.4. The van der Waals surface area contributed by atoms with E-state index in [1.807, 2.05) is 13.8 Å². The van der Waals surface area contributed by atoms with Gasteiger partial charge in [-0.3, -0.25) is 4.79 Å². The minimum Gasteiger partial charge on any atom is -0.390 e. The molecule has 0 radical (unpaired) electrons. The Balaban J connectivity index is 1.67. The summed E-state index contributed by atoms with van der Waals surface area (Å²) in [5, 5.41) is 4.08. The number of benzene rings is 2. The summed E-state index contributed by atoms with van der Waals surface area (Å²) in [6, 6.07) is 12.3. The molecule has 1 aliphatic rings. The van der Waals surface area contributed by atoms with Crippen molar-refractivity contribution in [2.24, 2.45) is 11.1 Å². The second-order valence-corrected chi connectivity index (χ2v) is 7.48. The normalized spacial score (nSPS) is 16.0. The molecule has 0 aliphatic carbocycles. The number of oxime groups is 1. The van der Waals surface area contributed by atoms with Crippen molar-refractivity contribution in [1.29, 1.82) is 0 Å². The lowest BCUT2D eigenvalue weighted by Gasteiger charge is -2.26. The summed E-state index contributed by atoms with van der Waals surface area (Å²) in [5.41, 5.74) is 2.20. The van der Waals surface area contributed by atoms with Crippen molar-refractivity contribution >= 4 is 11.6 Å². The van der Waals surface area contributed by atoms with E-state index < -0.39 is 0 Å². The van der Waals surface area contributed by atoms with Crippen LogP contribution in [0.2, 0.25) is 0 Å². The van der Waals surface area contributed by atoms with Crippen molar-refractivity contribution in [3.05, 3.63) is 71.3 Å². The largest absolute Gasteiger partial charge is 0.390 e. The van der Waals surface area contributed by atoms with Crippen LogP contribution in [0.5, 0.6) is 0 Å². The fourth-order valence-electron chi connectivity index (χ4n) is 3.15. The second kappa shape index (κ2) is 8.95. The van der Waals surface area contributed by atoms with Crippen LogP contribution in [0.1, 0.15) is 37.8 Å². The highest BCUT2D eigenvalue weighted by Crippen LogP contribution is 2.20. The van der Waals surface area contributed by atoms with E-state index in [4.69, 9.17) is 4.84 Å². The summed E-state index contributed by atoms with van der Waals surface area (Å²) in [7, 11) is 0. The molecule has 6 heteroatoms. The molecule has 0 spiro atoms. The molecular formula is C22H24F2N2O2. The van der Waals surface area contributed by atoms with Crippen LogP contribution in [0.15, 0.2) is 53.7 Å². The van der Waals surface area contributed by atoms with Gasteiger partial charge in [-0.2, -0.15) is 0 Å². The molecule has 1 atom stereocenters. The number of hydrogen-bond donors (Lipinski definition) is 0. The van der Waals surface area contributed by atoms with E-state index >= 15 is 0 Å². The summed E-state index contributed by atoms with van der Waals surface area (Å²) >= 11 is 0. The van der Waals surface area contributed by atoms with Gasteiger partial charge < -0.3 is 9.74 Å². The Morgan fingerprint density at radius 2 is 1.93 bits per heavy atom. The third-order valence-electron chi connectivity index (χ3n) is 4.54. The summed E-state index contributed by atoms with van der Waals surface area (Å²) in [6.45, 7) is 4.72. The Morgan fingerprint density at radius 3 is 2.61 bits per heavy atom. The van der Waals surface area contributed by atoms with Gasteiger partial charge in [0.15, 0.2) is 6.10 Å². The molecule has 0 saturated carbocycles. The van der Waals surface area contributed by atoms with Crippen LogP contribution in [0, 0.1) is 17.6 Å². The van der Waals surface area contributed by atoms with E-state index in [9.17, 15) is 13.6 Å². The van der Waals surface area contributed by atoms with E-state index in [2.05, 4.69) is 5.16 Å². The van der Waals surface area contributed by atoms with Gasteiger partial charge in [0.1, 0.15) is 11.6 Å². The Morgan fingerprint density at radius 1 is 1.18 bits per heavy atom. The van der Waals surface area contributed by atoms with Crippen LogP contribution in [0.3, 0.4) is 0 Å². The second-order valence-electron chi connectivity index (χ2n) is 7.48. The highest BCUT2D eigenvalue weighted by Gasteiger charge is 2.27. The number of carbonyl (C=O) groups is 1. The Bertz CT molecular complexity index is 850. The lowest BCUT2D eigenvalue weighted by atomic mass is 10.0. The minimum atomic E-state index is -0.325. The Kier molecular flexibility index (Phi) is 6.39. The van der Waals surface area contributed by atoms with Crippen molar-refractivity contribution in [2.45, 2.75) is 39.3 Å². The van der Waals surface area contributed by atoms with E-state index in [0.29, 0.717) is 37.2 Å². The van der Waals surface area contributed by atoms with Crippen molar-refractivity contribution < 1.29 is 18.4 Å². The topological polar surface area (TPSA) is 41.9 Å². The molecule has 28 heavy (non-hydrogen) atoms. The van der Waals surface area contributed by atoms with Gasteiger partial charge in [-0.1, -0.05) is 43.3 Å². The van der Waals surface area contributed by atoms with Crippen LogP contribution >= 0.6 is 0 Å². The molecule has 0 unspecified atom stereocenters. The Labute approximate surface area is 163 Å². The molecule has 0 aromatic heterocycles. The zero-order valence-electron chi connectivity index (χ0n) is 16.1. The molecule has 2 aromatic rings. The average molecular weight is 386 g/mol. The molecule has 0 N–H and O–H groups in total. The maximum absolute atomic E-state index is 13.5. The van der Waals surface area contributed by atoms with Gasteiger partial charge in [0.2, 0.25) is 5.91 Å². The van der Waals surface area contributed by atoms with Gasteiger partial charge in [-0.25, -0.2) is 8.78 Å². The lowest BCUT2D eigenvalue weighted by molar-refractivity contribution is -0.134. The van der Waals surface area contributed by atoms with Crippen molar-refractivity contribution in [2.75, 3.05) is 6.54 Å². The SMILES string of the molecule is CC(C)CC(=O)N(Cc1ccc(F)cc1)C[C@H]1CC(c2cccc(F)c2)=NO1. The molecule has 2 aromatic carbocycles. The molecule has 0 saturated heterocycles. The fraction of sp³-hybridized carbons (Fsp3) is 0.364. The molecule has 4 nitrogen and oxygen atoms in total. The molecule has 0 fully saturated rings. The third-order valence-corrected chi connectivity index (χ3v) is 4.54. The van der Waals surface area contributed by atoms with E-state index in [1.165, 1.54) is 24.3 Å². The summed E-state index contributed by atoms with van der Waals surface area (Å²) in [4.78, 5) is 20.0. The zero-order valence-corrected chi connectivity index (χ0v) is 16.1. The summed E-state index contributed by atoms with van der Waals surface area (Å²) in [6.07, 6.45) is 0.624. The molecule has 1 aliphatic heterocycles. The molecule has 3 rings (SSSR count). The predicted molar refractivity (Wildman–Crippen MR) is 104 cm³/mol. The predicted octanol–water partition coefficient (Wildman–Crippen LogP) is 4.53. The maximum Gasteiger partial charge on any atom is 0.223 e. The number of nitrogens with zero attached hydrogens (tertiary/aromatic N) is 2. The van der Waals surface area contributed by atoms with Crippen LogP contribution in [-0.4, -0.2) is 29.2 Å². The van der Waals surface area contributed by atoms with Crippen LogP contribution in [0.25, 0.3) is 0 Å². The van der Waals surface area contributed by atoms with Gasteiger partial charge in [-0.15, -0.1) is 0 Å². The van der Waals surface area contributed by atoms with E-state index in [1.54, 1.807) is 29.2 Å². The van der Waals surface area contributed by atoms with E-state index in [-0.39, 0.29) is 29.6 Å². The smallest absolute Gasteiger partial charge is 0.223 e. The fourth-order valence-corrected chi connectivity index (χ4v) is 3.15. The van der Waals surface area contributed by atoms with Crippen LogP contribution < -0.4 is 0 Å². The molecular weight excluding hydrogens is 362 g/mol. The first kappa shape index (κ1) is 20.0. The van der Waals surface area contributed by atoms with Crippen molar-refractivity contribution in [3.63, 3.8) is 0 Å². The highest BCUT2D eigenvalue weighted by molar-refractivity contribution is 6.01. The standard InChI is InChI=1S/C22H24F2N2O2/c1-15(2)10-22(27)26(13-16-6-8-18(23)9-7-16)14-20-12-21(25-28-20)17-4-3-5-19(24)11-17/h3-9,11,15,20H,10,12-14H2,1-2H3/t20-/m1/s1. The highest BCUT2D eigenvalue weighted by atomic mass is 19.1. The first-order valence-electron chi connectivity index (χ1n) is 9.41. The number of rotatable bonds is 7. The van der Waals surface area contributed by atoms with E-state index in [0.717, 1.165) is 5.56 Å². The van der Waals surface area contributed by atoms with Gasteiger partial charge in [0.05, 0.1) is 12.3 Å². The monoisotopic (exact) mass is 386 g/mol. The number of carbonyl (C=O) groups excluding carboxylic acids is 1. The van der Waals surface area contributed by atoms with Gasteiger partial charge in [0, 0.05) is 24.9 Å². The third kappa shape index (κ3) is 5.38. The molecule has 148 valence electrons. The number of hydrogen-bond acceptors (Lipinski definition) is 3. The van der Waals surface area contributed by atoms with Crippen LogP contribution in [0.4, 0.5) is 8.78 Å². The minimum absolute atomic E-state index is 0.0159. The van der Waals surface area contributed by atoms with Crippen molar-refractivity contribution in [1.82, 2.24) is 4.90 Å². The lowest BCUT2D eigenvalue weighted by Crippen LogP contribution is -2.37. The van der Waals surface area contributed by atoms with Gasteiger partial charge in [-0.05, 0) is 35.7 Å². The molecule has 0 bridgehead atoms. The van der Waals surface area contributed by atoms with Gasteiger partial charge >= 0.3 is 0 Å². The number of halogens is 2. The quantitative estimate of drug-likeness (QED) is 0.701.